The van der Waals surface area contributed by atoms with Gasteiger partial charge in [-0.25, -0.2) is 9.37 Å². The predicted octanol–water partition coefficient (Wildman–Crippen LogP) is 3.63. The lowest BCUT2D eigenvalue weighted by Crippen LogP contribution is -2.05. The minimum absolute atomic E-state index is 0.332. The van der Waals surface area contributed by atoms with E-state index < -0.39 is 0 Å². The molecule has 0 radical (unpaired) electrons. The highest BCUT2D eigenvalue weighted by molar-refractivity contribution is 5.49. The standard InChI is InChI=1S/C15H18FN3O/c1-5-13-18-14(17-4)10(3)15(19-13)20-12-8-11(16)7-6-9(12)2/h6-8H,5H2,1-4H3,(H,17,18,19). The quantitative estimate of drug-likeness (QED) is 0.925. The summed E-state index contributed by atoms with van der Waals surface area (Å²) < 4.78 is 19.1. The fourth-order valence-electron chi connectivity index (χ4n) is 1.83. The molecule has 0 fully saturated rings. The zero-order valence-corrected chi connectivity index (χ0v) is 12.1. The van der Waals surface area contributed by atoms with Gasteiger partial charge >= 0.3 is 0 Å². The van der Waals surface area contributed by atoms with E-state index in [1.54, 1.807) is 13.1 Å². The average Bonchev–Trinajstić information content (AvgIpc) is 2.45. The second-order valence-corrected chi connectivity index (χ2v) is 4.53. The fourth-order valence-corrected chi connectivity index (χ4v) is 1.83. The van der Waals surface area contributed by atoms with E-state index in [2.05, 4.69) is 15.3 Å². The highest BCUT2D eigenvalue weighted by Gasteiger charge is 2.12. The van der Waals surface area contributed by atoms with Crippen LogP contribution in [0.2, 0.25) is 0 Å². The van der Waals surface area contributed by atoms with Crippen molar-refractivity contribution in [3.05, 3.63) is 41.0 Å². The van der Waals surface area contributed by atoms with Crippen molar-refractivity contribution in [3.63, 3.8) is 0 Å². The third-order valence-corrected chi connectivity index (χ3v) is 3.06. The predicted molar refractivity (Wildman–Crippen MR) is 76.9 cm³/mol. The molecule has 1 aromatic heterocycles. The van der Waals surface area contributed by atoms with E-state index in [1.807, 2.05) is 20.8 Å². The van der Waals surface area contributed by atoms with Gasteiger partial charge in [-0.1, -0.05) is 13.0 Å². The van der Waals surface area contributed by atoms with Crippen LogP contribution in [0.3, 0.4) is 0 Å². The molecule has 0 saturated carbocycles. The number of nitrogens with zero attached hydrogens (tertiary/aromatic N) is 2. The maximum absolute atomic E-state index is 13.3. The van der Waals surface area contributed by atoms with Gasteiger partial charge in [0, 0.05) is 19.5 Å². The zero-order valence-electron chi connectivity index (χ0n) is 12.1. The lowest BCUT2D eigenvalue weighted by Gasteiger charge is -2.13. The molecule has 5 heteroatoms. The van der Waals surface area contributed by atoms with Crippen LogP contribution in [-0.4, -0.2) is 17.0 Å². The second kappa shape index (κ2) is 5.86. The number of ether oxygens (including phenoxy) is 1. The Morgan fingerprint density at radius 3 is 2.65 bits per heavy atom. The van der Waals surface area contributed by atoms with Gasteiger partial charge in [-0.05, 0) is 25.5 Å². The lowest BCUT2D eigenvalue weighted by molar-refractivity contribution is 0.447. The van der Waals surface area contributed by atoms with E-state index in [9.17, 15) is 4.39 Å². The van der Waals surface area contributed by atoms with Crippen LogP contribution >= 0.6 is 0 Å². The number of rotatable bonds is 4. The van der Waals surface area contributed by atoms with Crippen LogP contribution in [0.4, 0.5) is 10.2 Å². The van der Waals surface area contributed by atoms with E-state index in [0.717, 1.165) is 16.9 Å². The smallest absolute Gasteiger partial charge is 0.227 e. The summed E-state index contributed by atoms with van der Waals surface area (Å²) >= 11 is 0. The molecule has 0 aliphatic heterocycles. The summed E-state index contributed by atoms with van der Waals surface area (Å²) in [6.07, 6.45) is 0.702. The number of hydrogen-bond acceptors (Lipinski definition) is 4. The molecule has 1 heterocycles. The van der Waals surface area contributed by atoms with Crippen molar-refractivity contribution in [2.24, 2.45) is 0 Å². The summed E-state index contributed by atoms with van der Waals surface area (Å²) in [5.41, 5.74) is 1.65. The first-order valence-electron chi connectivity index (χ1n) is 6.54. The Morgan fingerprint density at radius 1 is 1.25 bits per heavy atom. The van der Waals surface area contributed by atoms with Crippen LogP contribution in [0.15, 0.2) is 18.2 Å². The van der Waals surface area contributed by atoms with Gasteiger partial charge < -0.3 is 10.1 Å². The molecule has 4 nitrogen and oxygen atoms in total. The minimum atomic E-state index is -0.332. The van der Waals surface area contributed by atoms with E-state index in [1.165, 1.54) is 12.1 Å². The van der Waals surface area contributed by atoms with Crippen molar-refractivity contribution in [1.29, 1.82) is 0 Å². The normalized spacial score (nSPS) is 10.4. The number of aryl methyl sites for hydroxylation is 2. The van der Waals surface area contributed by atoms with Crippen LogP contribution in [0.5, 0.6) is 11.6 Å². The Bertz CT molecular complexity index is 629. The van der Waals surface area contributed by atoms with Crippen molar-refractivity contribution in [2.75, 3.05) is 12.4 Å². The highest BCUT2D eigenvalue weighted by atomic mass is 19.1. The lowest BCUT2D eigenvalue weighted by atomic mass is 10.2. The first kappa shape index (κ1) is 14.2. The summed E-state index contributed by atoms with van der Waals surface area (Å²) in [5.74, 6) is 2.00. The van der Waals surface area contributed by atoms with Crippen LogP contribution in [0.1, 0.15) is 23.9 Å². The van der Waals surface area contributed by atoms with E-state index >= 15 is 0 Å². The number of nitrogens with one attached hydrogen (secondary N) is 1. The van der Waals surface area contributed by atoms with Crippen LogP contribution in [0, 0.1) is 19.7 Å². The van der Waals surface area contributed by atoms with Crippen molar-refractivity contribution >= 4 is 5.82 Å². The van der Waals surface area contributed by atoms with E-state index in [4.69, 9.17) is 4.74 Å². The number of halogens is 1. The molecule has 0 spiro atoms. The van der Waals surface area contributed by atoms with Crippen molar-refractivity contribution in [2.45, 2.75) is 27.2 Å². The van der Waals surface area contributed by atoms with Gasteiger partial charge in [-0.15, -0.1) is 0 Å². The fraction of sp³-hybridized carbons (Fsp3) is 0.333. The molecule has 0 aliphatic carbocycles. The van der Waals surface area contributed by atoms with Gasteiger partial charge in [0.25, 0.3) is 0 Å². The zero-order chi connectivity index (χ0) is 14.7. The van der Waals surface area contributed by atoms with Crippen LogP contribution in [0.25, 0.3) is 0 Å². The maximum atomic E-state index is 13.3. The molecule has 1 aromatic carbocycles. The van der Waals surface area contributed by atoms with Gasteiger partial charge in [0.1, 0.15) is 23.2 Å². The largest absolute Gasteiger partial charge is 0.438 e. The molecular formula is C15H18FN3O. The molecule has 0 unspecified atom stereocenters. The molecule has 0 aliphatic rings. The number of hydrogen-bond donors (Lipinski definition) is 1. The minimum Gasteiger partial charge on any atom is -0.438 e. The Labute approximate surface area is 118 Å². The first-order chi connectivity index (χ1) is 9.55. The average molecular weight is 275 g/mol. The third kappa shape index (κ3) is 2.87. The summed E-state index contributed by atoms with van der Waals surface area (Å²) in [5, 5.41) is 3.02. The van der Waals surface area contributed by atoms with Crippen molar-refractivity contribution < 1.29 is 9.13 Å². The first-order valence-corrected chi connectivity index (χ1v) is 6.54. The van der Waals surface area contributed by atoms with Crippen LogP contribution < -0.4 is 10.1 Å². The Hall–Kier alpha value is -2.17. The van der Waals surface area contributed by atoms with Gasteiger partial charge in [0.15, 0.2) is 0 Å². The molecule has 2 aromatic rings. The van der Waals surface area contributed by atoms with Gasteiger partial charge in [-0.3, -0.25) is 0 Å². The number of aromatic nitrogens is 2. The van der Waals surface area contributed by atoms with Gasteiger partial charge in [-0.2, -0.15) is 4.98 Å². The Balaban J connectivity index is 2.44. The third-order valence-electron chi connectivity index (χ3n) is 3.06. The van der Waals surface area contributed by atoms with Crippen LogP contribution in [-0.2, 0) is 6.42 Å². The van der Waals surface area contributed by atoms with Crippen molar-refractivity contribution in [1.82, 2.24) is 9.97 Å². The molecule has 0 amide bonds. The molecule has 2 rings (SSSR count). The molecule has 0 atom stereocenters. The van der Waals surface area contributed by atoms with E-state index in [-0.39, 0.29) is 5.82 Å². The van der Waals surface area contributed by atoms with Crippen molar-refractivity contribution in [3.8, 4) is 11.6 Å². The second-order valence-electron chi connectivity index (χ2n) is 4.53. The molecular weight excluding hydrogens is 257 g/mol. The SMILES string of the molecule is CCc1nc(NC)c(C)c(Oc2cc(F)ccc2C)n1. The molecule has 0 bridgehead atoms. The molecule has 0 saturated heterocycles. The topological polar surface area (TPSA) is 47.0 Å². The molecule has 20 heavy (non-hydrogen) atoms. The summed E-state index contributed by atoms with van der Waals surface area (Å²) in [7, 11) is 1.80. The number of benzene rings is 1. The molecule has 1 N–H and O–H groups in total. The number of anilines is 1. The van der Waals surface area contributed by atoms with E-state index in [0.29, 0.717) is 23.9 Å². The maximum Gasteiger partial charge on any atom is 0.227 e. The van der Waals surface area contributed by atoms with Gasteiger partial charge in [0.2, 0.25) is 5.88 Å². The summed E-state index contributed by atoms with van der Waals surface area (Å²) in [4.78, 5) is 8.74. The summed E-state index contributed by atoms with van der Waals surface area (Å²) in [6.45, 7) is 5.71. The Morgan fingerprint density at radius 2 is 2.00 bits per heavy atom. The highest BCUT2D eigenvalue weighted by Crippen LogP contribution is 2.29. The Kier molecular flexibility index (Phi) is 4.17. The molecule has 106 valence electrons. The summed E-state index contributed by atoms with van der Waals surface area (Å²) in [6, 6.07) is 4.45. The van der Waals surface area contributed by atoms with Gasteiger partial charge in [0.05, 0.1) is 5.56 Å². The monoisotopic (exact) mass is 275 g/mol.